The molecule has 0 saturated carbocycles. The van der Waals surface area contributed by atoms with Crippen molar-refractivity contribution in [2.24, 2.45) is 0 Å². The molecule has 110 valence electrons. The average molecular weight is 345 g/mol. The van der Waals surface area contributed by atoms with Crippen LogP contribution in [0, 0.1) is 5.82 Å². The molecule has 21 heavy (non-hydrogen) atoms. The Bertz CT molecular complexity index is 677. The number of carbonyl (C=O) groups excluding carboxylic acids is 1. The summed E-state index contributed by atoms with van der Waals surface area (Å²) in [6, 6.07) is 9.27. The largest absolute Gasteiger partial charge is 0.495 e. The smallest absolute Gasteiger partial charge is 0.176 e. The van der Waals surface area contributed by atoms with Crippen molar-refractivity contribution >= 4 is 40.7 Å². The molecule has 0 unspecified atom stereocenters. The zero-order valence-electron chi connectivity index (χ0n) is 11.0. The third-order valence-corrected chi connectivity index (χ3v) is 4.80. The van der Waals surface area contributed by atoms with Gasteiger partial charge < -0.3 is 4.74 Å². The van der Waals surface area contributed by atoms with Gasteiger partial charge in [-0.05, 0) is 24.3 Å². The van der Waals surface area contributed by atoms with Gasteiger partial charge in [-0.3, -0.25) is 4.79 Å². The van der Waals surface area contributed by atoms with Crippen LogP contribution >= 0.6 is 35.0 Å². The fourth-order valence-electron chi connectivity index (χ4n) is 1.69. The van der Waals surface area contributed by atoms with Gasteiger partial charge in [0.25, 0.3) is 0 Å². The number of methoxy groups -OCH3 is 1. The molecule has 0 heterocycles. The zero-order chi connectivity index (χ0) is 15.4. The summed E-state index contributed by atoms with van der Waals surface area (Å²) >= 11 is 13.4. The molecule has 0 radical (unpaired) electrons. The molecule has 6 heteroatoms. The lowest BCUT2D eigenvalue weighted by Crippen LogP contribution is -2.05. The Morgan fingerprint density at radius 2 is 1.90 bits per heavy atom. The number of halogens is 3. The number of ketones is 1. The van der Waals surface area contributed by atoms with Crippen molar-refractivity contribution in [3.63, 3.8) is 0 Å². The van der Waals surface area contributed by atoms with Crippen molar-refractivity contribution in [3.05, 3.63) is 57.8 Å². The van der Waals surface area contributed by atoms with Crippen LogP contribution < -0.4 is 4.74 Å². The minimum Gasteiger partial charge on any atom is -0.495 e. The Morgan fingerprint density at radius 1 is 1.19 bits per heavy atom. The van der Waals surface area contributed by atoms with Gasteiger partial charge in [0.15, 0.2) is 5.78 Å². The molecule has 2 aromatic carbocycles. The number of thioether (sulfide) groups is 1. The second-order valence-corrected chi connectivity index (χ2v) is 5.86. The van der Waals surface area contributed by atoms with E-state index in [-0.39, 0.29) is 17.1 Å². The zero-order valence-corrected chi connectivity index (χ0v) is 13.4. The van der Waals surface area contributed by atoms with Crippen LogP contribution in [0.5, 0.6) is 5.75 Å². The van der Waals surface area contributed by atoms with E-state index in [1.54, 1.807) is 24.3 Å². The molecule has 2 rings (SSSR count). The summed E-state index contributed by atoms with van der Waals surface area (Å²) in [5, 5.41) is 0.616. The van der Waals surface area contributed by atoms with E-state index >= 15 is 0 Å². The lowest BCUT2D eigenvalue weighted by molar-refractivity contribution is 0.101. The van der Waals surface area contributed by atoms with Crippen molar-refractivity contribution in [2.75, 3.05) is 12.9 Å². The molecule has 0 aliphatic carbocycles. The van der Waals surface area contributed by atoms with Crippen LogP contribution in [0.2, 0.25) is 10.0 Å². The average Bonchev–Trinajstić information content (AvgIpc) is 2.49. The normalized spacial score (nSPS) is 10.5. The maximum absolute atomic E-state index is 13.5. The van der Waals surface area contributed by atoms with Crippen molar-refractivity contribution in [1.82, 2.24) is 0 Å². The van der Waals surface area contributed by atoms with E-state index in [1.165, 1.54) is 31.0 Å². The van der Waals surface area contributed by atoms with Crippen molar-refractivity contribution in [2.45, 2.75) is 4.90 Å². The van der Waals surface area contributed by atoms with Crippen LogP contribution in [0.15, 0.2) is 41.3 Å². The minimum atomic E-state index is -0.526. The Hall–Kier alpha value is -1.23. The van der Waals surface area contributed by atoms with E-state index < -0.39 is 5.82 Å². The molecule has 0 bridgehead atoms. The summed E-state index contributed by atoms with van der Waals surface area (Å²) in [6.07, 6.45) is 0. The first-order chi connectivity index (χ1) is 10.0. The number of hydrogen-bond acceptors (Lipinski definition) is 3. The van der Waals surface area contributed by atoms with Crippen LogP contribution in [0.25, 0.3) is 0 Å². The van der Waals surface area contributed by atoms with Gasteiger partial charge in [0.1, 0.15) is 16.6 Å². The molecule has 0 saturated heterocycles. The number of ether oxygens (including phenoxy) is 1. The fraction of sp³-hybridized carbons (Fsp3) is 0.133. The van der Waals surface area contributed by atoms with Crippen LogP contribution in [-0.4, -0.2) is 18.6 Å². The lowest BCUT2D eigenvalue weighted by Gasteiger charge is -2.09. The predicted molar refractivity (Wildman–Crippen MR) is 84.5 cm³/mol. The predicted octanol–water partition coefficient (Wildman–Crippen LogP) is 5.12. The van der Waals surface area contributed by atoms with E-state index in [4.69, 9.17) is 27.9 Å². The van der Waals surface area contributed by atoms with Gasteiger partial charge in [-0.1, -0.05) is 35.3 Å². The SMILES string of the molecule is COc1ccc(SCC(=O)c2ccccc2F)c(Cl)c1Cl. The Balaban J connectivity index is 2.12. The maximum Gasteiger partial charge on any atom is 0.176 e. The molecule has 0 spiro atoms. The summed E-state index contributed by atoms with van der Waals surface area (Å²) < 4.78 is 18.6. The Labute approximate surface area is 136 Å². The third-order valence-electron chi connectivity index (χ3n) is 2.76. The highest BCUT2D eigenvalue weighted by atomic mass is 35.5. The van der Waals surface area contributed by atoms with Crippen molar-refractivity contribution in [1.29, 1.82) is 0 Å². The Kier molecular flexibility index (Phi) is 5.51. The second-order valence-electron chi connectivity index (χ2n) is 4.09. The summed E-state index contributed by atoms with van der Waals surface area (Å²) in [7, 11) is 1.49. The second kappa shape index (κ2) is 7.16. The van der Waals surface area contributed by atoms with Gasteiger partial charge in [0.2, 0.25) is 0 Å². The topological polar surface area (TPSA) is 26.3 Å². The molecule has 0 N–H and O–H groups in total. The van der Waals surface area contributed by atoms with Crippen molar-refractivity contribution in [3.8, 4) is 5.75 Å². The van der Waals surface area contributed by atoms with Crippen molar-refractivity contribution < 1.29 is 13.9 Å². The molecule has 0 aliphatic rings. The highest BCUT2D eigenvalue weighted by molar-refractivity contribution is 8.00. The summed E-state index contributed by atoms with van der Waals surface area (Å²) in [5.74, 6) is -0.293. The van der Waals surface area contributed by atoms with E-state index in [9.17, 15) is 9.18 Å². The van der Waals surface area contributed by atoms with Gasteiger partial charge >= 0.3 is 0 Å². The maximum atomic E-state index is 13.5. The van der Waals surface area contributed by atoms with E-state index in [0.717, 1.165) is 0 Å². The first-order valence-electron chi connectivity index (χ1n) is 5.97. The van der Waals surface area contributed by atoms with Gasteiger partial charge in [-0.2, -0.15) is 0 Å². The van der Waals surface area contributed by atoms with Gasteiger partial charge in [-0.25, -0.2) is 4.39 Å². The molecule has 0 atom stereocenters. The number of Topliss-reactive ketones (excluding diaryl/α,β-unsaturated/α-hetero) is 1. The quantitative estimate of drug-likeness (QED) is 0.556. The minimum absolute atomic E-state index is 0.0701. The molecule has 2 aromatic rings. The fourth-order valence-corrected chi connectivity index (χ4v) is 3.14. The number of hydrogen-bond donors (Lipinski definition) is 0. The summed E-state index contributed by atoms with van der Waals surface area (Å²) in [4.78, 5) is 12.6. The van der Waals surface area contributed by atoms with Crippen LogP contribution in [-0.2, 0) is 0 Å². The van der Waals surface area contributed by atoms with E-state index in [2.05, 4.69) is 0 Å². The molecule has 2 nitrogen and oxygen atoms in total. The summed E-state index contributed by atoms with van der Waals surface area (Å²) in [6.45, 7) is 0. The molecule has 0 fully saturated rings. The van der Waals surface area contributed by atoms with Crippen LogP contribution in [0.1, 0.15) is 10.4 Å². The number of rotatable bonds is 5. The number of carbonyl (C=O) groups is 1. The molecular weight excluding hydrogens is 334 g/mol. The monoisotopic (exact) mass is 344 g/mol. The van der Waals surface area contributed by atoms with E-state index in [1.807, 2.05) is 0 Å². The van der Waals surface area contributed by atoms with Crippen LogP contribution in [0.3, 0.4) is 0 Å². The highest BCUT2D eigenvalue weighted by Crippen LogP contribution is 2.39. The van der Waals surface area contributed by atoms with Gasteiger partial charge in [0.05, 0.1) is 23.4 Å². The molecular formula is C15H11Cl2FO2S. The first kappa shape index (κ1) is 16.1. The number of benzene rings is 2. The lowest BCUT2D eigenvalue weighted by atomic mass is 10.1. The molecule has 0 aliphatic heterocycles. The first-order valence-corrected chi connectivity index (χ1v) is 7.71. The van der Waals surface area contributed by atoms with Crippen LogP contribution in [0.4, 0.5) is 4.39 Å². The standard InChI is InChI=1S/C15H11Cl2FO2S/c1-20-12-6-7-13(15(17)14(12)16)21-8-11(19)9-4-2-3-5-10(9)18/h2-7H,8H2,1H3. The third kappa shape index (κ3) is 3.70. The van der Waals surface area contributed by atoms with Gasteiger partial charge in [-0.15, -0.1) is 11.8 Å². The van der Waals surface area contributed by atoms with E-state index in [0.29, 0.717) is 20.7 Å². The Morgan fingerprint density at radius 3 is 2.57 bits per heavy atom. The molecule has 0 aromatic heterocycles. The van der Waals surface area contributed by atoms with Gasteiger partial charge in [0, 0.05) is 4.90 Å². The summed E-state index contributed by atoms with van der Waals surface area (Å²) in [5.41, 5.74) is 0.0701. The molecule has 0 amide bonds. The highest BCUT2D eigenvalue weighted by Gasteiger charge is 2.15.